The van der Waals surface area contributed by atoms with E-state index in [1.165, 1.54) is 11.3 Å². The molecule has 0 unspecified atom stereocenters. The zero-order valence-electron chi connectivity index (χ0n) is 14.9. The molecule has 26 heavy (non-hydrogen) atoms. The molecule has 0 atom stereocenters. The molecule has 136 valence electrons. The Morgan fingerprint density at radius 3 is 2.81 bits per heavy atom. The first kappa shape index (κ1) is 18.0. The number of methoxy groups -OCH3 is 2. The second-order valence-corrected chi connectivity index (χ2v) is 6.58. The van der Waals surface area contributed by atoms with Gasteiger partial charge in [-0.05, 0) is 24.3 Å². The number of aromatic nitrogens is 1. The summed E-state index contributed by atoms with van der Waals surface area (Å²) in [6.07, 6.45) is 1.85. The van der Waals surface area contributed by atoms with E-state index in [0.29, 0.717) is 23.8 Å². The number of amides is 1. The molecule has 0 fully saturated rings. The number of hydrogen-bond donors (Lipinski definition) is 0. The molecule has 0 bridgehead atoms. The van der Waals surface area contributed by atoms with Crippen LogP contribution in [0.15, 0.2) is 46.4 Å². The fraction of sp³-hybridized carbons (Fsp3) is 0.263. The predicted molar refractivity (Wildman–Crippen MR) is 99.5 cm³/mol. The number of benzene rings is 1. The molecule has 3 rings (SSSR count). The average Bonchev–Trinajstić information content (AvgIpc) is 3.33. The van der Waals surface area contributed by atoms with Crippen molar-refractivity contribution in [1.82, 2.24) is 9.88 Å². The molecule has 0 radical (unpaired) electrons. The van der Waals surface area contributed by atoms with E-state index in [2.05, 4.69) is 4.98 Å². The number of nitrogens with zero attached hydrogens (tertiary/aromatic N) is 2. The van der Waals surface area contributed by atoms with E-state index in [0.717, 1.165) is 16.3 Å². The first-order chi connectivity index (χ1) is 12.6. The van der Waals surface area contributed by atoms with Crippen molar-refractivity contribution in [2.24, 2.45) is 0 Å². The predicted octanol–water partition coefficient (Wildman–Crippen LogP) is 3.62. The van der Waals surface area contributed by atoms with Crippen LogP contribution in [0.25, 0.3) is 10.8 Å². The summed E-state index contributed by atoms with van der Waals surface area (Å²) >= 11 is 1.47. The van der Waals surface area contributed by atoms with Crippen molar-refractivity contribution in [3.05, 3.63) is 53.2 Å². The summed E-state index contributed by atoms with van der Waals surface area (Å²) in [4.78, 5) is 18.7. The van der Waals surface area contributed by atoms with Gasteiger partial charge in [-0.2, -0.15) is 0 Å². The molecular weight excluding hydrogens is 352 g/mol. The number of rotatable bonds is 7. The van der Waals surface area contributed by atoms with Crippen molar-refractivity contribution < 1.29 is 18.7 Å². The Morgan fingerprint density at radius 1 is 1.27 bits per heavy atom. The van der Waals surface area contributed by atoms with Gasteiger partial charge < -0.3 is 18.8 Å². The van der Waals surface area contributed by atoms with E-state index in [4.69, 9.17) is 13.9 Å². The summed E-state index contributed by atoms with van der Waals surface area (Å²) in [5.74, 6) is 2.11. The Bertz CT molecular complexity index is 874. The SMILES string of the molecule is COc1ccc(CN(C)C(=O)Cc2csc(-c3ccco3)n2)c(OC)c1. The fourth-order valence-corrected chi connectivity index (χ4v) is 3.30. The molecule has 0 aliphatic heterocycles. The molecule has 1 aromatic carbocycles. The summed E-state index contributed by atoms with van der Waals surface area (Å²) in [5.41, 5.74) is 1.65. The van der Waals surface area contributed by atoms with Gasteiger partial charge in [0, 0.05) is 30.6 Å². The summed E-state index contributed by atoms with van der Waals surface area (Å²) in [6.45, 7) is 0.446. The van der Waals surface area contributed by atoms with E-state index in [1.807, 2.05) is 35.7 Å². The molecule has 0 saturated carbocycles. The highest BCUT2D eigenvalue weighted by atomic mass is 32.1. The quantitative estimate of drug-likeness (QED) is 0.634. The van der Waals surface area contributed by atoms with Crippen LogP contribution in [0, 0.1) is 0 Å². The monoisotopic (exact) mass is 372 g/mol. The van der Waals surface area contributed by atoms with Crippen molar-refractivity contribution in [2.45, 2.75) is 13.0 Å². The van der Waals surface area contributed by atoms with E-state index in [-0.39, 0.29) is 12.3 Å². The molecule has 1 amide bonds. The maximum absolute atomic E-state index is 12.5. The number of likely N-dealkylation sites (N-methyl/N-ethyl adjacent to an activating group) is 1. The van der Waals surface area contributed by atoms with Gasteiger partial charge in [0.1, 0.15) is 11.5 Å². The van der Waals surface area contributed by atoms with Crippen LogP contribution in [-0.2, 0) is 17.8 Å². The van der Waals surface area contributed by atoms with Gasteiger partial charge in [0.15, 0.2) is 10.8 Å². The van der Waals surface area contributed by atoms with Gasteiger partial charge in [0.2, 0.25) is 5.91 Å². The minimum Gasteiger partial charge on any atom is -0.497 e. The summed E-state index contributed by atoms with van der Waals surface area (Å²) in [6, 6.07) is 9.24. The van der Waals surface area contributed by atoms with Crippen LogP contribution in [0.5, 0.6) is 11.5 Å². The topological polar surface area (TPSA) is 64.8 Å². The Labute approximate surface area is 156 Å². The van der Waals surface area contributed by atoms with E-state index in [1.54, 1.807) is 32.4 Å². The normalized spacial score (nSPS) is 10.6. The highest BCUT2D eigenvalue weighted by molar-refractivity contribution is 7.13. The van der Waals surface area contributed by atoms with Crippen molar-refractivity contribution in [2.75, 3.05) is 21.3 Å². The maximum Gasteiger partial charge on any atom is 0.228 e. The second kappa shape index (κ2) is 8.05. The van der Waals surface area contributed by atoms with Crippen molar-refractivity contribution in [3.8, 4) is 22.3 Å². The van der Waals surface area contributed by atoms with Crippen molar-refractivity contribution >= 4 is 17.2 Å². The molecule has 7 heteroatoms. The third kappa shape index (κ3) is 4.05. The highest BCUT2D eigenvalue weighted by Gasteiger charge is 2.16. The van der Waals surface area contributed by atoms with Gasteiger partial charge in [-0.15, -0.1) is 11.3 Å². The molecular formula is C19H20N2O4S. The van der Waals surface area contributed by atoms with Gasteiger partial charge in [0.05, 0.1) is 32.6 Å². The van der Waals surface area contributed by atoms with Crippen LogP contribution in [0.4, 0.5) is 0 Å². The highest BCUT2D eigenvalue weighted by Crippen LogP contribution is 2.26. The summed E-state index contributed by atoms with van der Waals surface area (Å²) in [5, 5.41) is 2.66. The standard InChI is InChI=1S/C19H20N2O4S/c1-21(11-13-6-7-15(23-2)10-17(13)24-3)18(22)9-14-12-26-19(20-14)16-5-4-8-25-16/h4-8,10,12H,9,11H2,1-3H3. The number of carbonyl (C=O) groups is 1. The van der Waals surface area contributed by atoms with Crippen LogP contribution >= 0.6 is 11.3 Å². The van der Waals surface area contributed by atoms with Crippen LogP contribution < -0.4 is 9.47 Å². The number of thiazole rings is 1. The lowest BCUT2D eigenvalue weighted by Crippen LogP contribution is -2.28. The molecule has 2 aromatic heterocycles. The van der Waals surface area contributed by atoms with Crippen molar-refractivity contribution in [1.29, 1.82) is 0 Å². The van der Waals surface area contributed by atoms with Gasteiger partial charge in [-0.3, -0.25) is 4.79 Å². The van der Waals surface area contributed by atoms with E-state index < -0.39 is 0 Å². The number of furan rings is 1. The Morgan fingerprint density at radius 2 is 2.12 bits per heavy atom. The first-order valence-corrected chi connectivity index (χ1v) is 8.92. The molecule has 0 aliphatic carbocycles. The smallest absolute Gasteiger partial charge is 0.228 e. The zero-order chi connectivity index (χ0) is 18.5. The average molecular weight is 372 g/mol. The number of ether oxygens (including phenoxy) is 2. The third-order valence-corrected chi connectivity index (χ3v) is 4.85. The Hall–Kier alpha value is -2.80. The van der Waals surface area contributed by atoms with Crippen LogP contribution in [0.2, 0.25) is 0 Å². The molecule has 0 spiro atoms. The van der Waals surface area contributed by atoms with Crippen LogP contribution in [-0.4, -0.2) is 37.1 Å². The largest absolute Gasteiger partial charge is 0.497 e. The Kier molecular flexibility index (Phi) is 5.58. The molecule has 2 heterocycles. The van der Waals surface area contributed by atoms with Gasteiger partial charge in [-0.1, -0.05) is 0 Å². The molecule has 3 aromatic rings. The lowest BCUT2D eigenvalue weighted by Gasteiger charge is -2.19. The van der Waals surface area contributed by atoms with Crippen LogP contribution in [0.3, 0.4) is 0 Å². The first-order valence-electron chi connectivity index (χ1n) is 8.04. The lowest BCUT2D eigenvalue weighted by molar-refractivity contribution is -0.129. The molecule has 6 nitrogen and oxygen atoms in total. The minimum absolute atomic E-state index is 0.0147. The summed E-state index contributed by atoms with van der Waals surface area (Å²) < 4.78 is 15.9. The Balaban J connectivity index is 1.65. The maximum atomic E-state index is 12.5. The van der Waals surface area contributed by atoms with Gasteiger partial charge >= 0.3 is 0 Å². The molecule has 0 aliphatic rings. The third-order valence-electron chi connectivity index (χ3n) is 3.94. The molecule has 0 N–H and O–H groups in total. The number of carbonyl (C=O) groups excluding carboxylic acids is 1. The van der Waals surface area contributed by atoms with E-state index >= 15 is 0 Å². The number of hydrogen-bond acceptors (Lipinski definition) is 6. The second-order valence-electron chi connectivity index (χ2n) is 5.73. The van der Waals surface area contributed by atoms with E-state index in [9.17, 15) is 4.79 Å². The fourth-order valence-electron chi connectivity index (χ4n) is 2.52. The zero-order valence-corrected chi connectivity index (χ0v) is 15.7. The van der Waals surface area contributed by atoms with Gasteiger partial charge in [0.25, 0.3) is 0 Å². The molecule has 0 saturated heterocycles. The minimum atomic E-state index is -0.0147. The van der Waals surface area contributed by atoms with Crippen molar-refractivity contribution in [3.63, 3.8) is 0 Å². The lowest BCUT2D eigenvalue weighted by atomic mass is 10.1. The van der Waals surface area contributed by atoms with Crippen LogP contribution in [0.1, 0.15) is 11.3 Å². The summed E-state index contributed by atoms with van der Waals surface area (Å²) in [7, 11) is 4.98. The van der Waals surface area contributed by atoms with Gasteiger partial charge in [-0.25, -0.2) is 4.98 Å².